The Kier molecular flexibility index (Phi) is 6.42. The van der Waals surface area contributed by atoms with Gasteiger partial charge in [0.25, 0.3) is 0 Å². The van der Waals surface area contributed by atoms with Crippen molar-refractivity contribution >= 4 is 0 Å². The van der Waals surface area contributed by atoms with Gasteiger partial charge in [0.05, 0.1) is 20.3 Å². The number of aliphatic hydroxyl groups is 1. The highest BCUT2D eigenvalue weighted by molar-refractivity contribution is 5.45. The van der Waals surface area contributed by atoms with Crippen molar-refractivity contribution in [3.05, 3.63) is 47.5 Å². The van der Waals surface area contributed by atoms with Gasteiger partial charge in [-0.2, -0.15) is 0 Å². The fraction of sp³-hybridized carbons (Fsp3) is 0.429. The first kappa shape index (κ1) is 19.3. The molecule has 0 saturated heterocycles. The number of hydrogen-bond acceptors (Lipinski definition) is 6. The van der Waals surface area contributed by atoms with E-state index in [1.807, 2.05) is 43.3 Å². The fourth-order valence-electron chi connectivity index (χ4n) is 3.15. The standard InChI is InChI=1S/C21H27NO5/c1-4-17(23)13-22(11-15-5-7-18(24-2)20(9-15)25-3)12-16-6-8-19-21(10-16)27-14-26-19/h5-10,17,23H,4,11-14H2,1-3H3/t17-/m0/s1. The van der Waals surface area contributed by atoms with E-state index >= 15 is 0 Å². The van der Waals surface area contributed by atoms with Gasteiger partial charge in [0.1, 0.15) is 0 Å². The molecular weight excluding hydrogens is 346 g/mol. The third-order valence-electron chi connectivity index (χ3n) is 4.64. The second-order valence-electron chi connectivity index (χ2n) is 6.61. The first-order valence-electron chi connectivity index (χ1n) is 9.12. The van der Waals surface area contributed by atoms with Crippen molar-refractivity contribution in [1.82, 2.24) is 4.90 Å². The lowest BCUT2D eigenvalue weighted by Gasteiger charge is -2.25. The summed E-state index contributed by atoms with van der Waals surface area (Å²) in [6.07, 6.45) is 0.336. The highest BCUT2D eigenvalue weighted by Crippen LogP contribution is 2.33. The summed E-state index contributed by atoms with van der Waals surface area (Å²) in [5, 5.41) is 10.2. The molecule has 0 spiro atoms. The second kappa shape index (κ2) is 8.97. The Hall–Kier alpha value is -2.44. The number of aliphatic hydroxyl groups excluding tert-OH is 1. The molecule has 0 aromatic heterocycles. The van der Waals surface area contributed by atoms with E-state index in [0.717, 1.165) is 22.6 Å². The molecule has 1 N–H and O–H groups in total. The molecule has 0 bridgehead atoms. The molecule has 6 heteroatoms. The molecule has 1 heterocycles. The maximum atomic E-state index is 10.2. The van der Waals surface area contributed by atoms with Crippen LogP contribution in [0.4, 0.5) is 0 Å². The quantitative estimate of drug-likeness (QED) is 0.728. The average molecular weight is 373 g/mol. The molecule has 0 unspecified atom stereocenters. The monoisotopic (exact) mass is 373 g/mol. The van der Waals surface area contributed by atoms with Crippen LogP contribution in [0.3, 0.4) is 0 Å². The number of benzene rings is 2. The number of fused-ring (bicyclic) bond motifs is 1. The van der Waals surface area contributed by atoms with Crippen LogP contribution in [-0.2, 0) is 13.1 Å². The molecule has 146 valence electrons. The average Bonchev–Trinajstić information content (AvgIpc) is 3.15. The van der Waals surface area contributed by atoms with Gasteiger partial charge in [-0.25, -0.2) is 0 Å². The number of hydrogen-bond donors (Lipinski definition) is 1. The molecule has 1 aliphatic rings. The van der Waals surface area contributed by atoms with Crippen molar-refractivity contribution in [3.63, 3.8) is 0 Å². The topological polar surface area (TPSA) is 60.4 Å². The van der Waals surface area contributed by atoms with E-state index in [0.29, 0.717) is 37.6 Å². The summed E-state index contributed by atoms with van der Waals surface area (Å²) >= 11 is 0. The zero-order valence-corrected chi connectivity index (χ0v) is 16.1. The van der Waals surface area contributed by atoms with Gasteiger partial charge in [-0.3, -0.25) is 4.90 Å². The summed E-state index contributed by atoms with van der Waals surface area (Å²) in [5.41, 5.74) is 2.21. The van der Waals surface area contributed by atoms with Crippen LogP contribution in [0.5, 0.6) is 23.0 Å². The molecule has 0 fully saturated rings. The Morgan fingerprint density at radius 1 is 0.963 bits per heavy atom. The van der Waals surface area contributed by atoms with Crippen LogP contribution >= 0.6 is 0 Å². The molecule has 0 saturated carbocycles. The smallest absolute Gasteiger partial charge is 0.231 e. The molecule has 0 radical (unpaired) electrons. The summed E-state index contributed by atoms with van der Waals surface area (Å²) in [4.78, 5) is 2.22. The predicted octanol–water partition coefficient (Wildman–Crippen LogP) is 3.21. The Morgan fingerprint density at radius 2 is 1.63 bits per heavy atom. The minimum Gasteiger partial charge on any atom is -0.493 e. The lowest BCUT2D eigenvalue weighted by atomic mass is 10.1. The summed E-state index contributed by atoms with van der Waals surface area (Å²) < 4.78 is 21.6. The van der Waals surface area contributed by atoms with Gasteiger partial charge >= 0.3 is 0 Å². The van der Waals surface area contributed by atoms with Crippen LogP contribution in [0.15, 0.2) is 36.4 Å². The van der Waals surface area contributed by atoms with Crippen LogP contribution in [0.25, 0.3) is 0 Å². The fourth-order valence-corrected chi connectivity index (χ4v) is 3.15. The number of rotatable bonds is 9. The van der Waals surface area contributed by atoms with E-state index in [2.05, 4.69) is 4.90 Å². The van der Waals surface area contributed by atoms with E-state index in [1.54, 1.807) is 14.2 Å². The Bertz CT molecular complexity index is 764. The van der Waals surface area contributed by atoms with Crippen LogP contribution < -0.4 is 18.9 Å². The van der Waals surface area contributed by atoms with Gasteiger partial charge in [-0.05, 0) is 41.8 Å². The van der Waals surface area contributed by atoms with E-state index in [-0.39, 0.29) is 12.9 Å². The van der Waals surface area contributed by atoms with Gasteiger partial charge in [0, 0.05) is 19.6 Å². The third kappa shape index (κ3) is 4.84. The molecule has 1 atom stereocenters. The molecule has 0 aliphatic carbocycles. The van der Waals surface area contributed by atoms with E-state index < -0.39 is 0 Å². The number of ether oxygens (including phenoxy) is 4. The molecule has 27 heavy (non-hydrogen) atoms. The highest BCUT2D eigenvalue weighted by atomic mass is 16.7. The highest BCUT2D eigenvalue weighted by Gasteiger charge is 2.17. The summed E-state index contributed by atoms with van der Waals surface area (Å²) in [6, 6.07) is 11.9. The third-order valence-corrected chi connectivity index (χ3v) is 4.64. The van der Waals surface area contributed by atoms with Crippen LogP contribution in [-0.4, -0.2) is 43.7 Å². The maximum Gasteiger partial charge on any atom is 0.231 e. The first-order valence-corrected chi connectivity index (χ1v) is 9.12. The minimum absolute atomic E-state index is 0.267. The van der Waals surface area contributed by atoms with Gasteiger partial charge in [0.2, 0.25) is 6.79 Å². The van der Waals surface area contributed by atoms with Gasteiger partial charge in [0.15, 0.2) is 23.0 Å². The van der Waals surface area contributed by atoms with Crippen molar-refractivity contribution in [2.75, 3.05) is 27.6 Å². The summed E-state index contributed by atoms with van der Waals surface area (Å²) in [5.74, 6) is 2.96. The van der Waals surface area contributed by atoms with E-state index in [9.17, 15) is 5.11 Å². The van der Waals surface area contributed by atoms with Crippen molar-refractivity contribution in [1.29, 1.82) is 0 Å². The molecule has 3 rings (SSSR count). The van der Waals surface area contributed by atoms with Crippen LogP contribution in [0.2, 0.25) is 0 Å². The van der Waals surface area contributed by atoms with Crippen molar-refractivity contribution < 1.29 is 24.1 Å². The molecule has 2 aromatic rings. The molecular formula is C21H27NO5. The molecule has 6 nitrogen and oxygen atoms in total. The Morgan fingerprint density at radius 3 is 2.33 bits per heavy atom. The van der Waals surface area contributed by atoms with Crippen molar-refractivity contribution in [3.8, 4) is 23.0 Å². The second-order valence-corrected chi connectivity index (χ2v) is 6.61. The summed E-state index contributed by atoms with van der Waals surface area (Å²) in [6.45, 7) is 4.22. The zero-order valence-electron chi connectivity index (χ0n) is 16.1. The number of methoxy groups -OCH3 is 2. The largest absolute Gasteiger partial charge is 0.493 e. The van der Waals surface area contributed by atoms with Crippen LogP contribution in [0, 0.1) is 0 Å². The normalized spacial score (nSPS) is 13.7. The SMILES string of the molecule is CC[C@H](O)CN(Cc1ccc(OC)c(OC)c1)Cc1ccc2c(c1)OCO2. The Labute approximate surface area is 160 Å². The summed E-state index contributed by atoms with van der Waals surface area (Å²) in [7, 11) is 3.26. The van der Waals surface area contributed by atoms with Crippen molar-refractivity contribution in [2.24, 2.45) is 0 Å². The van der Waals surface area contributed by atoms with E-state index in [4.69, 9.17) is 18.9 Å². The minimum atomic E-state index is -0.376. The first-order chi connectivity index (χ1) is 13.1. The lowest BCUT2D eigenvalue weighted by molar-refractivity contribution is 0.101. The van der Waals surface area contributed by atoms with E-state index in [1.165, 1.54) is 0 Å². The predicted molar refractivity (Wildman–Crippen MR) is 103 cm³/mol. The molecule has 1 aliphatic heterocycles. The van der Waals surface area contributed by atoms with Gasteiger partial charge in [-0.1, -0.05) is 19.1 Å². The Balaban J connectivity index is 1.77. The molecule has 0 amide bonds. The molecule has 2 aromatic carbocycles. The van der Waals surface area contributed by atoms with Gasteiger partial charge < -0.3 is 24.1 Å². The van der Waals surface area contributed by atoms with Crippen molar-refractivity contribution in [2.45, 2.75) is 32.5 Å². The zero-order chi connectivity index (χ0) is 19.2. The van der Waals surface area contributed by atoms with Crippen LogP contribution in [0.1, 0.15) is 24.5 Å². The number of nitrogens with zero attached hydrogens (tertiary/aromatic N) is 1. The van der Waals surface area contributed by atoms with Gasteiger partial charge in [-0.15, -0.1) is 0 Å². The lowest BCUT2D eigenvalue weighted by Crippen LogP contribution is -2.31. The maximum absolute atomic E-state index is 10.2.